The first-order valence-electron chi connectivity index (χ1n) is 19.9. The van der Waals surface area contributed by atoms with E-state index in [4.69, 9.17) is 15.0 Å². The predicted molar refractivity (Wildman–Crippen MR) is 241 cm³/mol. The van der Waals surface area contributed by atoms with Crippen LogP contribution < -0.4 is 16.0 Å². The molecule has 8 aromatic rings. The molecule has 0 radical (unpaired) electrons. The molecule has 12 rings (SSSR count). The molecule has 6 nitrogen and oxygen atoms in total. The lowest BCUT2D eigenvalue weighted by Gasteiger charge is -2.27. The highest BCUT2D eigenvalue weighted by Gasteiger charge is 2.23. The summed E-state index contributed by atoms with van der Waals surface area (Å²) in [5.41, 5.74) is 16.2. The fourth-order valence-electron chi connectivity index (χ4n) is 8.98. The summed E-state index contributed by atoms with van der Waals surface area (Å²) >= 11 is 0. The number of hydrogen-bond donors (Lipinski definition) is 3. The van der Waals surface area contributed by atoms with E-state index in [1.54, 1.807) is 0 Å². The number of pyridine rings is 3. The molecule has 3 aromatic heterocycles. The van der Waals surface area contributed by atoms with Crippen molar-refractivity contribution < 1.29 is 0 Å². The first kappa shape index (κ1) is 32.7. The van der Waals surface area contributed by atoms with Gasteiger partial charge in [0.05, 0.1) is 51.4 Å². The Kier molecular flexibility index (Phi) is 7.32. The van der Waals surface area contributed by atoms with E-state index in [1.807, 2.05) is 12.3 Å². The molecule has 0 spiro atoms. The molecule has 0 saturated heterocycles. The molecule has 1 aliphatic carbocycles. The number of benzene rings is 5. The van der Waals surface area contributed by atoms with Crippen LogP contribution in [0.3, 0.4) is 0 Å². The van der Waals surface area contributed by atoms with E-state index < -0.39 is 0 Å². The summed E-state index contributed by atoms with van der Waals surface area (Å²) in [6.45, 7) is 0.814. The van der Waals surface area contributed by atoms with Gasteiger partial charge in [-0.2, -0.15) is 0 Å². The molecule has 0 fully saturated rings. The van der Waals surface area contributed by atoms with Crippen molar-refractivity contribution in [1.29, 1.82) is 0 Å². The van der Waals surface area contributed by atoms with Gasteiger partial charge in [0.2, 0.25) is 0 Å². The van der Waals surface area contributed by atoms with E-state index in [0.29, 0.717) is 0 Å². The highest BCUT2D eigenvalue weighted by Crippen LogP contribution is 2.40. The first-order chi connectivity index (χ1) is 28.7. The van der Waals surface area contributed by atoms with E-state index in [-0.39, 0.29) is 12.1 Å². The molecule has 58 heavy (non-hydrogen) atoms. The molecule has 274 valence electrons. The number of dihydropyridines is 1. The highest BCUT2D eigenvalue weighted by molar-refractivity contribution is 6.01. The van der Waals surface area contributed by atoms with Crippen molar-refractivity contribution >= 4 is 78.3 Å². The first-order valence-corrected chi connectivity index (χ1v) is 19.9. The van der Waals surface area contributed by atoms with Crippen molar-refractivity contribution in [3.8, 4) is 11.3 Å². The zero-order valence-electron chi connectivity index (χ0n) is 31.4. The fraction of sp³-hybridized carbons (Fsp3) is 0.0577. The van der Waals surface area contributed by atoms with Crippen LogP contribution in [0.5, 0.6) is 0 Å². The lowest BCUT2D eigenvalue weighted by atomic mass is 9.91. The third-order valence-corrected chi connectivity index (χ3v) is 11.9. The predicted octanol–water partition coefficient (Wildman–Crippen LogP) is 11.7. The van der Waals surface area contributed by atoms with Crippen LogP contribution in [0.15, 0.2) is 170 Å². The summed E-state index contributed by atoms with van der Waals surface area (Å²) in [4.78, 5) is 15.2. The molecule has 5 aromatic carbocycles. The standard InChI is InChI=1S/C52H36N6/c1-2-8-40-39(7-1)41(21-22-42(40)46-26-20-36-14-12-34-6-4-28-54-50(34)52(36)58-46)45-25-18-32-9-15-37(29-48(32)56-45)43-23-17-31-10-16-38(30-47(31)55-43)44-24-19-35-13-11-33-5-3-27-53-49(33)51(35)57-44/h1-26,28-30,46-47,53,55,58H,27H2. The Morgan fingerprint density at radius 3 is 2.36 bits per heavy atom. The van der Waals surface area contributed by atoms with Crippen molar-refractivity contribution in [1.82, 2.24) is 20.3 Å². The smallest absolute Gasteiger partial charge is 0.0947 e. The van der Waals surface area contributed by atoms with Crippen LogP contribution in [0, 0.1) is 0 Å². The Morgan fingerprint density at radius 2 is 1.41 bits per heavy atom. The topological polar surface area (TPSA) is 74.8 Å². The lowest BCUT2D eigenvalue weighted by molar-refractivity contribution is 0.815. The van der Waals surface area contributed by atoms with Gasteiger partial charge < -0.3 is 16.0 Å². The molecular weight excluding hydrogens is 709 g/mol. The average Bonchev–Trinajstić information content (AvgIpc) is 3.30. The van der Waals surface area contributed by atoms with Gasteiger partial charge in [0, 0.05) is 40.2 Å². The molecular formula is C52H36N6. The maximum atomic E-state index is 5.30. The third kappa shape index (κ3) is 5.37. The Morgan fingerprint density at radius 1 is 0.586 bits per heavy atom. The van der Waals surface area contributed by atoms with E-state index in [9.17, 15) is 0 Å². The van der Waals surface area contributed by atoms with E-state index >= 15 is 0 Å². The van der Waals surface area contributed by atoms with Crippen molar-refractivity contribution in [3.05, 3.63) is 198 Å². The van der Waals surface area contributed by atoms with Gasteiger partial charge in [-0.3, -0.25) is 4.98 Å². The van der Waals surface area contributed by atoms with Crippen molar-refractivity contribution in [2.45, 2.75) is 12.1 Å². The average molecular weight is 745 g/mol. The molecule has 0 amide bonds. The minimum atomic E-state index is 0.00615. The van der Waals surface area contributed by atoms with E-state index in [1.165, 1.54) is 27.5 Å². The third-order valence-electron chi connectivity index (χ3n) is 11.9. The Bertz CT molecular complexity index is 3250. The van der Waals surface area contributed by atoms with Crippen molar-refractivity contribution in [2.24, 2.45) is 0 Å². The molecule has 6 heteroatoms. The monoisotopic (exact) mass is 744 g/mol. The normalized spacial score (nSPS) is 17.8. The van der Waals surface area contributed by atoms with Crippen LogP contribution in [0.2, 0.25) is 0 Å². The van der Waals surface area contributed by atoms with Crippen LogP contribution in [-0.4, -0.2) is 27.5 Å². The minimum absolute atomic E-state index is 0.00615. The molecule has 3 aliphatic heterocycles. The van der Waals surface area contributed by atoms with Crippen LogP contribution in [0.25, 0.3) is 78.2 Å². The van der Waals surface area contributed by atoms with Gasteiger partial charge in [-0.1, -0.05) is 134 Å². The van der Waals surface area contributed by atoms with Crippen LogP contribution in [0.1, 0.15) is 34.0 Å². The van der Waals surface area contributed by atoms with Crippen LogP contribution in [0.4, 0.5) is 11.4 Å². The molecule has 0 saturated carbocycles. The van der Waals surface area contributed by atoms with Gasteiger partial charge >= 0.3 is 0 Å². The number of fused-ring (bicyclic) bond motifs is 9. The highest BCUT2D eigenvalue weighted by atomic mass is 15.0. The Labute approximate surface area is 335 Å². The van der Waals surface area contributed by atoms with Gasteiger partial charge in [-0.15, -0.1) is 0 Å². The number of nitrogens with one attached hydrogen (secondary N) is 3. The Hall–Kier alpha value is -7.57. The van der Waals surface area contributed by atoms with Gasteiger partial charge in [-0.05, 0) is 80.6 Å². The van der Waals surface area contributed by atoms with Crippen molar-refractivity contribution in [3.63, 3.8) is 0 Å². The summed E-state index contributed by atoms with van der Waals surface area (Å²) in [5.74, 6) is 0. The molecule has 6 heterocycles. The van der Waals surface area contributed by atoms with E-state index in [2.05, 4.69) is 180 Å². The molecule has 4 aliphatic rings. The number of anilines is 2. The van der Waals surface area contributed by atoms with E-state index in [0.717, 1.165) is 90.0 Å². The van der Waals surface area contributed by atoms with Gasteiger partial charge in [0.25, 0.3) is 0 Å². The van der Waals surface area contributed by atoms with Gasteiger partial charge in [0.1, 0.15) is 0 Å². The minimum Gasteiger partial charge on any atom is -0.379 e. The summed E-state index contributed by atoms with van der Waals surface area (Å²) in [6.07, 6.45) is 21.7. The number of allylic oxidation sites excluding steroid dienone is 4. The summed E-state index contributed by atoms with van der Waals surface area (Å²) in [7, 11) is 0. The molecule has 3 N–H and O–H groups in total. The quantitative estimate of drug-likeness (QED) is 0.167. The number of hydrogen-bond acceptors (Lipinski definition) is 6. The number of aromatic nitrogens is 3. The zero-order valence-corrected chi connectivity index (χ0v) is 31.4. The lowest BCUT2D eigenvalue weighted by Crippen LogP contribution is -2.31. The maximum Gasteiger partial charge on any atom is 0.0947 e. The van der Waals surface area contributed by atoms with Gasteiger partial charge in [0.15, 0.2) is 0 Å². The van der Waals surface area contributed by atoms with Gasteiger partial charge in [-0.25, -0.2) is 9.97 Å². The molecule has 2 atom stereocenters. The number of nitrogens with zero attached hydrogens (tertiary/aromatic N) is 3. The zero-order chi connectivity index (χ0) is 38.2. The summed E-state index contributed by atoms with van der Waals surface area (Å²) < 4.78 is 0. The summed E-state index contributed by atoms with van der Waals surface area (Å²) in [6, 6.07) is 41.1. The molecule has 0 bridgehead atoms. The SMILES string of the molecule is C1=Cc2ccc3ccc(C4=CC5NC(c6ccc7ccc(-c8ccc(C9C=Cc%10ccc%11cccnc%11c%10N9)c9ccccc89)nc7c6)=CC=C5C=C4)nc3c2NC1. The van der Waals surface area contributed by atoms with Crippen LogP contribution in [-0.2, 0) is 0 Å². The number of rotatable bonds is 4. The summed E-state index contributed by atoms with van der Waals surface area (Å²) in [5, 5.41) is 16.9. The van der Waals surface area contributed by atoms with Crippen molar-refractivity contribution in [2.75, 3.05) is 17.2 Å². The second-order valence-electron chi connectivity index (χ2n) is 15.3. The second kappa shape index (κ2) is 13.0. The maximum absolute atomic E-state index is 5.30. The second-order valence-corrected chi connectivity index (χ2v) is 15.3. The fourth-order valence-corrected chi connectivity index (χ4v) is 8.98. The Balaban J connectivity index is 0.850. The largest absolute Gasteiger partial charge is 0.379 e. The van der Waals surface area contributed by atoms with Crippen LogP contribution >= 0.6 is 0 Å². The molecule has 2 unspecified atom stereocenters.